The van der Waals surface area contributed by atoms with Crippen molar-refractivity contribution in [2.24, 2.45) is 0 Å². The van der Waals surface area contributed by atoms with Crippen LogP contribution < -0.4 is 9.62 Å². The highest BCUT2D eigenvalue weighted by molar-refractivity contribution is 7.92. The number of carbonyl (C=O) groups is 2. The molecule has 9 heteroatoms. The van der Waals surface area contributed by atoms with Gasteiger partial charge in [-0.15, -0.1) is 0 Å². The summed E-state index contributed by atoms with van der Waals surface area (Å²) in [4.78, 5) is 22.6. The first kappa shape index (κ1) is 19.4. The number of amides is 1. The molecule has 0 fully saturated rings. The van der Waals surface area contributed by atoms with E-state index in [2.05, 4.69) is 10.1 Å². The van der Waals surface area contributed by atoms with Gasteiger partial charge < -0.3 is 10.1 Å². The third-order valence-corrected chi connectivity index (χ3v) is 5.17. The first-order valence-electron chi connectivity index (χ1n) is 7.47. The van der Waals surface area contributed by atoms with E-state index in [0.29, 0.717) is 5.69 Å². The van der Waals surface area contributed by atoms with Crippen LogP contribution in [-0.4, -0.2) is 33.9 Å². The minimum atomic E-state index is -4.12. The van der Waals surface area contributed by atoms with Crippen LogP contribution in [0.15, 0.2) is 53.4 Å². The lowest BCUT2D eigenvalue weighted by molar-refractivity contribution is -0.138. The first-order chi connectivity index (χ1) is 12.2. The van der Waals surface area contributed by atoms with Crippen molar-refractivity contribution in [2.45, 2.75) is 11.8 Å². The second-order valence-electron chi connectivity index (χ2n) is 5.27. The molecule has 0 aliphatic carbocycles. The molecule has 1 amide bonds. The number of hydrogen-bond donors (Lipinski definition) is 1. The number of anilines is 2. The lowest BCUT2D eigenvalue weighted by Gasteiger charge is -2.23. The number of benzene rings is 2. The average molecular weight is 380 g/mol. The summed E-state index contributed by atoms with van der Waals surface area (Å²) in [5.74, 6) is -1.60. The Kier molecular flexibility index (Phi) is 5.93. The van der Waals surface area contributed by atoms with Gasteiger partial charge in [0.15, 0.2) is 0 Å². The lowest BCUT2D eigenvalue weighted by atomic mass is 10.3. The number of hydrogen-bond acceptors (Lipinski definition) is 5. The molecule has 2 aromatic carbocycles. The molecule has 26 heavy (non-hydrogen) atoms. The number of ether oxygens (including phenoxy) is 1. The normalized spacial score (nSPS) is 10.9. The Morgan fingerprint density at radius 1 is 1.08 bits per heavy atom. The number of esters is 1. The molecule has 0 saturated heterocycles. The van der Waals surface area contributed by atoms with Gasteiger partial charge in [0.1, 0.15) is 12.4 Å². The van der Waals surface area contributed by atoms with Gasteiger partial charge in [-0.3, -0.25) is 13.9 Å². The van der Waals surface area contributed by atoms with Gasteiger partial charge in [0, 0.05) is 12.6 Å². The van der Waals surface area contributed by atoms with Gasteiger partial charge in [-0.05, 0) is 48.5 Å². The number of sulfonamides is 1. The van der Waals surface area contributed by atoms with Crippen molar-refractivity contribution in [3.63, 3.8) is 0 Å². The molecule has 138 valence electrons. The zero-order valence-corrected chi connectivity index (χ0v) is 14.9. The maximum atomic E-state index is 13.2. The monoisotopic (exact) mass is 380 g/mol. The minimum absolute atomic E-state index is 0.0974. The van der Waals surface area contributed by atoms with Crippen LogP contribution in [0, 0.1) is 5.82 Å². The van der Waals surface area contributed by atoms with Crippen molar-refractivity contribution < 1.29 is 27.1 Å². The SMILES string of the molecule is COC(=O)CN(c1ccc(F)cc1)S(=O)(=O)c1ccc(NC(C)=O)cc1. The summed E-state index contributed by atoms with van der Waals surface area (Å²) >= 11 is 0. The van der Waals surface area contributed by atoms with Gasteiger partial charge >= 0.3 is 5.97 Å². The highest BCUT2D eigenvalue weighted by Crippen LogP contribution is 2.25. The minimum Gasteiger partial charge on any atom is -0.468 e. The molecular weight excluding hydrogens is 363 g/mol. The van der Waals surface area contributed by atoms with Crippen LogP contribution in [0.4, 0.5) is 15.8 Å². The standard InChI is InChI=1S/C17H17FN2O5S/c1-12(21)19-14-5-9-16(10-6-14)26(23,24)20(11-17(22)25-2)15-7-3-13(18)4-8-15/h3-10H,11H2,1-2H3,(H,19,21). The van der Waals surface area contributed by atoms with E-state index >= 15 is 0 Å². The Hall–Kier alpha value is -2.94. The van der Waals surface area contributed by atoms with Gasteiger partial charge in [0.2, 0.25) is 5.91 Å². The van der Waals surface area contributed by atoms with Crippen LogP contribution in [0.1, 0.15) is 6.92 Å². The summed E-state index contributed by atoms with van der Waals surface area (Å²) in [6, 6.07) is 10.1. The Labute approximate surface area is 150 Å². The van der Waals surface area contributed by atoms with Crippen LogP contribution >= 0.6 is 0 Å². The van der Waals surface area contributed by atoms with Crippen molar-refractivity contribution in [3.05, 3.63) is 54.3 Å². The van der Waals surface area contributed by atoms with Crippen molar-refractivity contribution in [3.8, 4) is 0 Å². The molecule has 0 spiro atoms. The molecule has 2 aromatic rings. The number of rotatable bonds is 6. The van der Waals surface area contributed by atoms with E-state index in [1.54, 1.807) is 0 Å². The van der Waals surface area contributed by atoms with Gasteiger partial charge in [-0.1, -0.05) is 0 Å². The molecule has 0 unspecified atom stereocenters. The van der Waals surface area contributed by atoms with Gasteiger partial charge in [0.05, 0.1) is 17.7 Å². The molecule has 7 nitrogen and oxygen atoms in total. The quantitative estimate of drug-likeness (QED) is 0.775. The summed E-state index contributed by atoms with van der Waals surface area (Å²) in [6.45, 7) is 0.759. The van der Waals surface area contributed by atoms with E-state index < -0.39 is 28.4 Å². The largest absolute Gasteiger partial charge is 0.468 e. The third kappa shape index (κ3) is 4.57. The Morgan fingerprint density at radius 3 is 2.15 bits per heavy atom. The van der Waals surface area contributed by atoms with Crippen molar-refractivity contribution in [1.29, 1.82) is 0 Å². The second kappa shape index (κ2) is 7.96. The fraction of sp³-hybridized carbons (Fsp3) is 0.176. The molecule has 0 aliphatic rings. The Bertz CT molecular complexity index is 896. The maximum Gasteiger partial charge on any atom is 0.326 e. The maximum absolute atomic E-state index is 13.2. The molecule has 0 atom stereocenters. The molecule has 0 aliphatic heterocycles. The van der Waals surface area contributed by atoms with Gasteiger partial charge in [-0.25, -0.2) is 12.8 Å². The predicted octanol–water partition coefficient (Wildman–Crippen LogP) is 2.15. The molecule has 0 saturated carbocycles. The van der Waals surface area contributed by atoms with E-state index in [-0.39, 0.29) is 16.5 Å². The number of carbonyl (C=O) groups excluding carboxylic acids is 2. The number of nitrogens with zero attached hydrogens (tertiary/aromatic N) is 1. The van der Waals surface area contributed by atoms with E-state index in [1.165, 1.54) is 43.3 Å². The molecule has 2 rings (SSSR count). The number of nitrogens with one attached hydrogen (secondary N) is 1. The molecule has 1 N–H and O–H groups in total. The topological polar surface area (TPSA) is 92.8 Å². The molecule has 0 radical (unpaired) electrons. The van der Waals surface area contributed by atoms with Crippen LogP contribution in [0.25, 0.3) is 0 Å². The highest BCUT2D eigenvalue weighted by Gasteiger charge is 2.27. The van der Waals surface area contributed by atoms with E-state index in [0.717, 1.165) is 23.5 Å². The zero-order chi connectivity index (χ0) is 19.3. The van der Waals surface area contributed by atoms with Crippen LogP contribution in [0.2, 0.25) is 0 Å². The Morgan fingerprint density at radius 2 is 1.65 bits per heavy atom. The van der Waals surface area contributed by atoms with Crippen molar-refractivity contribution in [2.75, 3.05) is 23.3 Å². The molecule has 0 heterocycles. The van der Waals surface area contributed by atoms with E-state index in [1.807, 2.05) is 0 Å². The molecule has 0 bridgehead atoms. The lowest BCUT2D eigenvalue weighted by Crippen LogP contribution is -2.36. The second-order valence-corrected chi connectivity index (χ2v) is 7.13. The van der Waals surface area contributed by atoms with Crippen molar-refractivity contribution >= 4 is 33.3 Å². The molecular formula is C17H17FN2O5S. The highest BCUT2D eigenvalue weighted by atomic mass is 32.2. The summed E-state index contributed by atoms with van der Waals surface area (Å²) in [5.41, 5.74) is 0.542. The predicted molar refractivity (Wildman–Crippen MR) is 93.7 cm³/mol. The fourth-order valence-corrected chi connectivity index (χ4v) is 3.55. The van der Waals surface area contributed by atoms with E-state index in [9.17, 15) is 22.4 Å². The summed E-state index contributed by atoms with van der Waals surface area (Å²) in [6.07, 6.45) is 0. The zero-order valence-electron chi connectivity index (χ0n) is 14.1. The van der Waals surface area contributed by atoms with Gasteiger partial charge in [-0.2, -0.15) is 0 Å². The fourth-order valence-electron chi connectivity index (χ4n) is 2.14. The van der Waals surface area contributed by atoms with Crippen LogP contribution in [0.5, 0.6) is 0 Å². The summed E-state index contributed by atoms with van der Waals surface area (Å²) in [5, 5.41) is 2.53. The Balaban J connectivity index is 2.42. The third-order valence-electron chi connectivity index (χ3n) is 3.38. The smallest absolute Gasteiger partial charge is 0.326 e. The number of methoxy groups -OCH3 is 1. The van der Waals surface area contributed by atoms with Crippen molar-refractivity contribution in [1.82, 2.24) is 0 Å². The van der Waals surface area contributed by atoms with E-state index in [4.69, 9.17) is 0 Å². The van der Waals surface area contributed by atoms with Crippen LogP contribution in [0.3, 0.4) is 0 Å². The van der Waals surface area contributed by atoms with Crippen LogP contribution in [-0.2, 0) is 24.3 Å². The summed E-state index contributed by atoms with van der Waals surface area (Å²) in [7, 11) is -2.98. The number of halogens is 1. The van der Waals surface area contributed by atoms with Gasteiger partial charge in [0.25, 0.3) is 10.0 Å². The first-order valence-corrected chi connectivity index (χ1v) is 8.91. The molecule has 0 aromatic heterocycles. The average Bonchev–Trinajstić information content (AvgIpc) is 2.60. The summed E-state index contributed by atoms with van der Waals surface area (Å²) < 4.78 is 44.4.